The number of hydrogen-bond donors (Lipinski definition) is 2. The summed E-state index contributed by atoms with van der Waals surface area (Å²) in [6.45, 7) is 0. The van der Waals surface area contributed by atoms with Crippen molar-refractivity contribution in [1.29, 1.82) is 0 Å². The molecule has 0 amide bonds. The van der Waals surface area contributed by atoms with Crippen molar-refractivity contribution < 1.29 is 14.3 Å². The topological polar surface area (TPSA) is 39.9 Å². The van der Waals surface area contributed by atoms with Crippen molar-refractivity contribution >= 4 is 11.0 Å². The van der Waals surface area contributed by atoms with Gasteiger partial charge in [-0.2, -0.15) is 0 Å². The van der Waals surface area contributed by atoms with Gasteiger partial charge >= 0.3 is 0 Å². The van der Waals surface area contributed by atoms with E-state index in [0.29, 0.717) is 11.0 Å². The Bertz CT molecular complexity index is 396. The summed E-state index contributed by atoms with van der Waals surface area (Å²) >= 11 is 0. The molecule has 0 bridgehead atoms. The lowest BCUT2D eigenvalue weighted by molar-refractivity contribution is -0.884. The highest BCUT2D eigenvalue weighted by Crippen LogP contribution is 2.07. The Kier molecular flexibility index (Phi) is 1.09. The van der Waals surface area contributed by atoms with E-state index in [0.717, 1.165) is 4.73 Å². The molecule has 1 aromatic heterocycles. The molecular formula is C7H6FN2O+. The van der Waals surface area contributed by atoms with E-state index >= 15 is 0 Å². The minimum atomic E-state index is -0.361. The van der Waals surface area contributed by atoms with Crippen molar-refractivity contribution in [2.24, 2.45) is 0 Å². The quantitative estimate of drug-likeness (QED) is 0.427. The Balaban J connectivity index is 2.87. The summed E-state index contributed by atoms with van der Waals surface area (Å²) < 4.78 is 13.4. The third-order valence-electron chi connectivity index (χ3n) is 1.55. The first-order valence-electron chi connectivity index (χ1n) is 3.15. The lowest BCUT2D eigenvalue weighted by atomic mass is 10.3. The average Bonchev–Trinajstić information content (AvgIpc) is 2.33. The highest BCUT2D eigenvalue weighted by Gasteiger charge is 2.07. The maximum absolute atomic E-state index is 12.6. The molecular weight excluding hydrogens is 147 g/mol. The molecule has 2 rings (SSSR count). The first-order valence-corrected chi connectivity index (χ1v) is 3.15. The summed E-state index contributed by atoms with van der Waals surface area (Å²) in [4.78, 5) is 2.76. The third-order valence-corrected chi connectivity index (χ3v) is 1.55. The zero-order chi connectivity index (χ0) is 7.84. The van der Waals surface area contributed by atoms with Gasteiger partial charge < -0.3 is 5.21 Å². The molecule has 0 saturated carbocycles. The standard InChI is InChI=1S/C7H5FN2O/c8-5-1-2-6-7(3-5)10(11)4-9-6/h1-4,11H/p+1. The predicted molar refractivity (Wildman–Crippen MR) is 35.6 cm³/mol. The molecule has 0 radical (unpaired) electrons. The van der Waals surface area contributed by atoms with Crippen LogP contribution in [0.4, 0.5) is 4.39 Å². The Hall–Kier alpha value is -1.58. The molecule has 0 aliphatic carbocycles. The SMILES string of the molecule is O[n+]1c[nH]c2ccc(F)cc21. The summed E-state index contributed by atoms with van der Waals surface area (Å²) in [5.74, 6) is -0.361. The second-order valence-electron chi connectivity index (χ2n) is 2.28. The Morgan fingerprint density at radius 2 is 2.27 bits per heavy atom. The van der Waals surface area contributed by atoms with Gasteiger partial charge in [-0.3, -0.25) is 0 Å². The average molecular weight is 153 g/mol. The number of aromatic amines is 1. The number of imidazole rings is 1. The van der Waals surface area contributed by atoms with Gasteiger partial charge in [0.05, 0.1) is 0 Å². The van der Waals surface area contributed by atoms with Crippen molar-refractivity contribution in [2.75, 3.05) is 0 Å². The van der Waals surface area contributed by atoms with Crippen molar-refractivity contribution in [2.45, 2.75) is 0 Å². The van der Waals surface area contributed by atoms with Crippen LogP contribution in [0, 0.1) is 5.82 Å². The van der Waals surface area contributed by atoms with Gasteiger partial charge in [0.1, 0.15) is 5.82 Å². The molecule has 0 unspecified atom stereocenters. The summed E-state index contributed by atoms with van der Waals surface area (Å²) in [6.07, 6.45) is 1.35. The number of nitrogens with one attached hydrogen (secondary N) is 1. The normalized spacial score (nSPS) is 10.6. The van der Waals surface area contributed by atoms with Crippen LogP contribution in [-0.4, -0.2) is 10.2 Å². The number of nitrogens with zero attached hydrogens (tertiary/aromatic N) is 1. The number of hydrogen-bond acceptors (Lipinski definition) is 1. The molecule has 0 fully saturated rings. The van der Waals surface area contributed by atoms with Crippen LogP contribution in [0.5, 0.6) is 0 Å². The molecule has 2 aromatic rings. The number of benzene rings is 1. The predicted octanol–water partition coefficient (Wildman–Crippen LogP) is 0.832. The summed E-state index contributed by atoms with van der Waals surface area (Å²) in [5, 5.41) is 9.05. The van der Waals surface area contributed by atoms with E-state index in [-0.39, 0.29) is 5.82 Å². The lowest BCUT2D eigenvalue weighted by Gasteiger charge is -1.84. The van der Waals surface area contributed by atoms with Crippen molar-refractivity contribution in [3.05, 3.63) is 30.3 Å². The number of fused-ring (bicyclic) bond motifs is 1. The van der Waals surface area contributed by atoms with Crippen LogP contribution >= 0.6 is 0 Å². The maximum atomic E-state index is 12.6. The molecule has 0 aliphatic heterocycles. The molecule has 2 N–H and O–H groups in total. The van der Waals surface area contributed by atoms with Crippen molar-refractivity contribution in [1.82, 2.24) is 4.98 Å². The van der Waals surface area contributed by atoms with Gasteiger partial charge in [0, 0.05) is 6.07 Å². The van der Waals surface area contributed by atoms with Crippen LogP contribution < -0.4 is 4.73 Å². The van der Waals surface area contributed by atoms with Crippen LogP contribution in [0.15, 0.2) is 24.5 Å². The first kappa shape index (κ1) is 6.15. The van der Waals surface area contributed by atoms with Gasteiger partial charge in [-0.05, 0) is 16.9 Å². The Morgan fingerprint density at radius 1 is 1.45 bits per heavy atom. The molecule has 0 spiro atoms. The molecule has 0 saturated heterocycles. The minimum absolute atomic E-state index is 0.361. The highest BCUT2D eigenvalue weighted by molar-refractivity contribution is 5.70. The van der Waals surface area contributed by atoms with E-state index in [1.54, 1.807) is 6.07 Å². The number of H-pyrrole nitrogens is 1. The lowest BCUT2D eigenvalue weighted by Crippen LogP contribution is -2.26. The van der Waals surface area contributed by atoms with Gasteiger partial charge in [-0.15, -0.1) is 0 Å². The zero-order valence-corrected chi connectivity index (χ0v) is 5.58. The number of rotatable bonds is 0. The van der Waals surface area contributed by atoms with E-state index in [2.05, 4.69) is 4.98 Å². The van der Waals surface area contributed by atoms with Gasteiger partial charge in [0.2, 0.25) is 5.52 Å². The smallest absolute Gasteiger partial charge is 0.283 e. The van der Waals surface area contributed by atoms with E-state index in [1.165, 1.54) is 18.5 Å². The van der Waals surface area contributed by atoms with E-state index in [9.17, 15) is 4.39 Å². The van der Waals surface area contributed by atoms with Crippen molar-refractivity contribution in [3.63, 3.8) is 0 Å². The van der Waals surface area contributed by atoms with Crippen molar-refractivity contribution in [3.8, 4) is 0 Å². The third kappa shape index (κ3) is 0.832. The molecule has 4 heteroatoms. The summed E-state index contributed by atoms with van der Waals surface area (Å²) in [7, 11) is 0. The van der Waals surface area contributed by atoms with Gasteiger partial charge in [0.25, 0.3) is 6.33 Å². The fourth-order valence-electron chi connectivity index (χ4n) is 1.02. The van der Waals surface area contributed by atoms with Crippen LogP contribution in [0.1, 0.15) is 0 Å². The van der Waals surface area contributed by atoms with Crippen LogP contribution in [0.25, 0.3) is 11.0 Å². The molecule has 1 aromatic carbocycles. The molecule has 0 aliphatic rings. The van der Waals surface area contributed by atoms with E-state index < -0.39 is 0 Å². The maximum Gasteiger partial charge on any atom is 0.283 e. The first-order chi connectivity index (χ1) is 5.27. The van der Waals surface area contributed by atoms with E-state index in [1.807, 2.05) is 0 Å². The zero-order valence-electron chi connectivity index (χ0n) is 5.58. The molecule has 56 valence electrons. The van der Waals surface area contributed by atoms with Crippen LogP contribution in [0.3, 0.4) is 0 Å². The second-order valence-corrected chi connectivity index (χ2v) is 2.28. The fraction of sp³-hybridized carbons (Fsp3) is 0. The number of halogens is 1. The van der Waals surface area contributed by atoms with Gasteiger partial charge in [0.15, 0.2) is 5.52 Å². The monoisotopic (exact) mass is 153 g/mol. The van der Waals surface area contributed by atoms with Crippen LogP contribution in [0.2, 0.25) is 0 Å². The number of aromatic nitrogens is 2. The van der Waals surface area contributed by atoms with E-state index in [4.69, 9.17) is 5.21 Å². The van der Waals surface area contributed by atoms with Crippen LogP contribution in [-0.2, 0) is 0 Å². The molecule has 1 heterocycles. The Labute approximate surface area is 61.7 Å². The van der Waals surface area contributed by atoms with Gasteiger partial charge in [-0.1, -0.05) is 0 Å². The second kappa shape index (κ2) is 1.95. The molecule has 3 nitrogen and oxygen atoms in total. The molecule has 0 atom stereocenters. The Morgan fingerprint density at radius 3 is 3.09 bits per heavy atom. The highest BCUT2D eigenvalue weighted by atomic mass is 19.1. The fourth-order valence-corrected chi connectivity index (χ4v) is 1.02. The molecule has 11 heavy (non-hydrogen) atoms. The summed E-state index contributed by atoms with van der Waals surface area (Å²) in [5.41, 5.74) is 1.14. The summed E-state index contributed by atoms with van der Waals surface area (Å²) in [6, 6.07) is 4.15. The van der Waals surface area contributed by atoms with Gasteiger partial charge in [-0.25, -0.2) is 9.37 Å². The largest absolute Gasteiger partial charge is 0.350 e. The minimum Gasteiger partial charge on any atom is -0.350 e.